The molecule has 0 bridgehead atoms. The summed E-state index contributed by atoms with van der Waals surface area (Å²) in [5.41, 5.74) is 1.53. The number of nitrogens with one attached hydrogen (secondary N) is 3. The van der Waals surface area contributed by atoms with E-state index in [0.717, 1.165) is 18.4 Å². The molecule has 8 heteroatoms. The molecule has 2 rings (SSSR count). The maximum atomic E-state index is 12.1. The number of fused-ring (bicyclic) bond motifs is 1. The first kappa shape index (κ1) is 19.6. The number of carboxylic acid groups (broad SMARTS) is 1. The van der Waals surface area contributed by atoms with Crippen LogP contribution in [0.3, 0.4) is 0 Å². The van der Waals surface area contributed by atoms with Crippen LogP contribution in [0.15, 0.2) is 24.3 Å². The predicted octanol–water partition coefficient (Wildman–Crippen LogP) is 1.95. The zero-order valence-corrected chi connectivity index (χ0v) is 15.2. The lowest BCUT2D eigenvalue weighted by Crippen LogP contribution is -2.51. The van der Waals surface area contributed by atoms with E-state index in [2.05, 4.69) is 16.0 Å². The van der Waals surface area contributed by atoms with Crippen LogP contribution in [0.4, 0.5) is 9.59 Å². The van der Waals surface area contributed by atoms with Crippen molar-refractivity contribution in [1.29, 1.82) is 0 Å². The number of hydrogen-bond acceptors (Lipinski definition) is 4. The third kappa shape index (κ3) is 5.65. The summed E-state index contributed by atoms with van der Waals surface area (Å²) in [5.74, 6) is -1.26. The second-order valence-corrected chi connectivity index (χ2v) is 7.18. The topological polar surface area (TPSA) is 117 Å². The van der Waals surface area contributed by atoms with E-state index in [0.29, 0.717) is 0 Å². The van der Waals surface area contributed by atoms with E-state index in [-0.39, 0.29) is 12.6 Å². The molecule has 26 heavy (non-hydrogen) atoms. The van der Waals surface area contributed by atoms with Crippen molar-refractivity contribution in [1.82, 2.24) is 16.0 Å². The Kier molecular flexibility index (Phi) is 6.07. The minimum Gasteiger partial charge on any atom is -0.480 e. The highest BCUT2D eigenvalue weighted by molar-refractivity contribution is 5.81. The molecule has 0 radical (unpaired) electrons. The van der Waals surface area contributed by atoms with Crippen LogP contribution in [0.25, 0.3) is 0 Å². The van der Waals surface area contributed by atoms with Gasteiger partial charge in [0.15, 0.2) is 0 Å². The Morgan fingerprint density at radius 2 is 1.96 bits per heavy atom. The molecule has 142 valence electrons. The molecule has 2 atom stereocenters. The van der Waals surface area contributed by atoms with Crippen molar-refractivity contribution in [3.05, 3.63) is 35.4 Å². The van der Waals surface area contributed by atoms with Gasteiger partial charge in [-0.2, -0.15) is 0 Å². The monoisotopic (exact) mass is 363 g/mol. The lowest BCUT2D eigenvalue weighted by Gasteiger charge is -2.22. The number of ether oxygens (including phenoxy) is 1. The van der Waals surface area contributed by atoms with E-state index < -0.39 is 29.7 Å². The number of carbonyl (C=O) groups excluding carboxylic acids is 2. The first-order valence-corrected chi connectivity index (χ1v) is 8.50. The van der Waals surface area contributed by atoms with Crippen molar-refractivity contribution in [3.8, 4) is 0 Å². The number of hydrogen-bond donors (Lipinski definition) is 4. The first-order valence-electron chi connectivity index (χ1n) is 8.50. The standard InChI is InChI=1S/C18H25N3O5/c1-18(2,3)26-17(25)21-14(15(22)23)10-19-16(24)20-13-9-8-11-6-4-5-7-12(11)13/h4-7,13-14H,8-10H2,1-3H3,(H,21,25)(H,22,23)(H2,19,20,24)/t13-,14?/m1/s1. The number of benzene rings is 1. The number of aryl methyl sites for hydroxylation is 1. The van der Waals surface area contributed by atoms with E-state index in [9.17, 15) is 19.5 Å². The third-order valence-electron chi connectivity index (χ3n) is 3.89. The van der Waals surface area contributed by atoms with Gasteiger partial charge < -0.3 is 25.8 Å². The second-order valence-electron chi connectivity index (χ2n) is 7.18. The summed E-state index contributed by atoms with van der Waals surface area (Å²) in [6.45, 7) is 4.77. The minimum absolute atomic E-state index is 0.103. The van der Waals surface area contributed by atoms with Gasteiger partial charge in [-0.15, -0.1) is 0 Å². The molecule has 1 aliphatic rings. The Hall–Kier alpha value is -2.77. The van der Waals surface area contributed by atoms with Crippen molar-refractivity contribution < 1.29 is 24.2 Å². The zero-order chi connectivity index (χ0) is 19.3. The summed E-state index contributed by atoms with van der Waals surface area (Å²) in [7, 11) is 0. The van der Waals surface area contributed by atoms with Crippen molar-refractivity contribution in [2.45, 2.75) is 51.3 Å². The molecule has 0 saturated heterocycles. The lowest BCUT2D eigenvalue weighted by atomic mass is 10.1. The van der Waals surface area contributed by atoms with Crippen molar-refractivity contribution in [2.24, 2.45) is 0 Å². The largest absolute Gasteiger partial charge is 0.480 e. The Labute approximate surface area is 152 Å². The molecule has 8 nitrogen and oxygen atoms in total. The molecule has 1 aliphatic carbocycles. The highest BCUT2D eigenvalue weighted by Crippen LogP contribution is 2.30. The summed E-state index contributed by atoms with van der Waals surface area (Å²) >= 11 is 0. The summed E-state index contributed by atoms with van der Waals surface area (Å²) in [6.07, 6.45) is 0.835. The van der Waals surface area contributed by atoms with Gasteiger partial charge >= 0.3 is 18.1 Å². The van der Waals surface area contributed by atoms with Crippen LogP contribution < -0.4 is 16.0 Å². The molecule has 1 unspecified atom stereocenters. The number of amides is 3. The molecule has 3 amide bonds. The van der Waals surface area contributed by atoms with Gasteiger partial charge in [-0.05, 0) is 44.7 Å². The fourth-order valence-corrected chi connectivity index (χ4v) is 2.76. The van der Waals surface area contributed by atoms with Crippen LogP contribution in [-0.4, -0.2) is 41.4 Å². The Bertz CT molecular complexity index is 684. The number of carbonyl (C=O) groups is 3. The van der Waals surface area contributed by atoms with Gasteiger partial charge in [-0.3, -0.25) is 0 Å². The van der Waals surface area contributed by atoms with Crippen LogP contribution in [0.1, 0.15) is 44.4 Å². The number of carboxylic acids is 1. The molecule has 0 aromatic heterocycles. The molecule has 1 aromatic rings. The number of aliphatic carboxylic acids is 1. The predicted molar refractivity (Wildman–Crippen MR) is 94.8 cm³/mol. The van der Waals surface area contributed by atoms with E-state index in [1.54, 1.807) is 20.8 Å². The molecular weight excluding hydrogens is 338 g/mol. The normalized spacial score (nSPS) is 17.0. The summed E-state index contributed by atoms with van der Waals surface area (Å²) in [4.78, 5) is 35.1. The van der Waals surface area contributed by atoms with Gasteiger partial charge in [0.25, 0.3) is 0 Å². The zero-order valence-electron chi connectivity index (χ0n) is 15.2. The molecule has 0 spiro atoms. The molecular formula is C18H25N3O5. The number of rotatable bonds is 5. The molecule has 1 aromatic carbocycles. The van der Waals surface area contributed by atoms with E-state index in [1.165, 1.54) is 5.56 Å². The molecule has 0 heterocycles. The molecule has 4 N–H and O–H groups in total. The Morgan fingerprint density at radius 1 is 1.27 bits per heavy atom. The Morgan fingerprint density at radius 3 is 2.62 bits per heavy atom. The summed E-state index contributed by atoms with van der Waals surface area (Å²) < 4.78 is 5.03. The average molecular weight is 363 g/mol. The maximum absolute atomic E-state index is 12.1. The Balaban J connectivity index is 1.84. The van der Waals surface area contributed by atoms with Crippen molar-refractivity contribution in [3.63, 3.8) is 0 Å². The quantitative estimate of drug-likeness (QED) is 0.638. The fourth-order valence-electron chi connectivity index (χ4n) is 2.76. The molecule has 0 aliphatic heterocycles. The molecule has 0 fully saturated rings. The van der Waals surface area contributed by atoms with Crippen molar-refractivity contribution in [2.75, 3.05) is 6.54 Å². The highest BCUT2D eigenvalue weighted by atomic mass is 16.6. The fraction of sp³-hybridized carbons (Fsp3) is 0.500. The van der Waals surface area contributed by atoms with Gasteiger partial charge in [0.1, 0.15) is 11.6 Å². The van der Waals surface area contributed by atoms with Crippen LogP contribution in [0, 0.1) is 0 Å². The van der Waals surface area contributed by atoms with Crippen LogP contribution >= 0.6 is 0 Å². The SMILES string of the molecule is CC(C)(C)OC(=O)NC(CNC(=O)N[C@@H]1CCc2ccccc21)C(=O)O. The summed E-state index contributed by atoms with van der Waals surface area (Å²) in [5, 5.41) is 16.8. The summed E-state index contributed by atoms with van der Waals surface area (Å²) in [6, 6.07) is 6.00. The van der Waals surface area contributed by atoms with E-state index >= 15 is 0 Å². The third-order valence-corrected chi connectivity index (χ3v) is 3.89. The van der Waals surface area contributed by atoms with Gasteiger partial charge in [-0.1, -0.05) is 24.3 Å². The second kappa shape index (κ2) is 8.07. The van der Waals surface area contributed by atoms with Gasteiger partial charge in [0.2, 0.25) is 0 Å². The lowest BCUT2D eigenvalue weighted by molar-refractivity contribution is -0.139. The van der Waals surface area contributed by atoms with E-state index in [4.69, 9.17) is 4.74 Å². The van der Waals surface area contributed by atoms with Gasteiger partial charge in [0.05, 0.1) is 12.6 Å². The average Bonchev–Trinajstić information content (AvgIpc) is 2.92. The van der Waals surface area contributed by atoms with Crippen LogP contribution in [0.2, 0.25) is 0 Å². The smallest absolute Gasteiger partial charge is 0.408 e. The van der Waals surface area contributed by atoms with E-state index in [1.807, 2.05) is 24.3 Å². The number of alkyl carbamates (subject to hydrolysis) is 1. The van der Waals surface area contributed by atoms with Crippen LogP contribution in [0.5, 0.6) is 0 Å². The van der Waals surface area contributed by atoms with Gasteiger partial charge in [0, 0.05) is 0 Å². The minimum atomic E-state index is -1.29. The first-order chi connectivity index (χ1) is 12.2. The number of urea groups is 1. The molecule has 0 saturated carbocycles. The maximum Gasteiger partial charge on any atom is 0.408 e. The highest BCUT2D eigenvalue weighted by Gasteiger charge is 2.26. The van der Waals surface area contributed by atoms with Crippen LogP contribution in [-0.2, 0) is 16.0 Å². The van der Waals surface area contributed by atoms with Crippen molar-refractivity contribution >= 4 is 18.1 Å². The van der Waals surface area contributed by atoms with Gasteiger partial charge in [-0.25, -0.2) is 14.4 Å².